The van der Waals surface area contributed by atoms with Crippen molar-refractivity contribution in [1.82, 2.24) is 4.98 Å². The van der Waals surface area contributed by atoms with Crippen LogP contribution < -0.4 is 5.32 Å². The number of benzene rings is 1. The highest BCUT2D eigenvalue weighted by molar-refractivity contribution is 5.92. The highest BCUT2D eigenvalue weighted by Crippen LogP contribution is 2.18. The number of pyridine rings is 1. The first kappa shape index (κ1) is 12.1. The number of nitrogens with zero attached hydrogens (tertiary/aromatic N) is 1. The Balaban J connectivity index is 2.06. The Kier molecular flexibility index (Phi) is 3.57. The Bertz CT molecular complexity index is 518. The van der Waals surface area contributed by atoms with Crippen LogP contribution in [0.15, 0.2) is 42.6 Å². The van der Waals surface area contributed by atoms with Crippen molar-refractivity contribution in [2.75, 3.05) is 5.32 Å². The molecule has 0 saturated heterocycles. The molecule has 0 fully saturated rings. The molecular formula is C14H14N2O2. The van der Waals surface area contributed by atoms with E-state index in [1.807, 2.05) is 31.2 Å². The van der Waals surface area contributed by atoms with E-state index in [4.69, 9.17) is 0 Å². The smallest absolute Gasteiger partial charge is 0.230 e. The fourth-order valence-electron chi connectivity index (χ4n) is 1.65. The number of anilines is 1. The van der Waals surface area contributed by atoms with Gasteiger partial charge in [-0.3, -0.25) is 4.79 Å². The lowest BCUT2D eigenvalue weighted by Crippen LogP contribution is -2.15. The number of amides is 1. The largest absolute Gasteiger partial charge is 0.504 e. The van der Waals surface area contributed by atoms with Gasteiger partial charge in [-0.25, -0.2) is 4.98 Å². The number of aromatic hydroxyl groups is 1. The molecule has 18 heavy (non-hydrogen) atoms. The molecule has 1 heterocycles. The quantitative estimate of drug-likeness (QED) is 0.868. The van der Waals surface area contributed by atoms with E-state index in [0.717, 1.165) is 11.1 Å². The minimum Gasteiger partial charge on any atom is -0.504 e. The van der Waals surface area contributed by atoms with Gasteiger partial charge in [-0.2, -0.15) is 0 Å². The first-order chi connectivity index (χ1) is 8.66. The van der Waals surface area contributed by atoms with Crippen molar-refractivity contribution in [3.8, 4) is 5.75 Å². The average Bonchev–Trinajstić information content (AvgIpc) is 2.35. The average molecular weight is 242 g/mol. The van der Waals surface area contributed by atoms with Crippen molar-refractivity contribution in [3.63, 3.8) is 0 Å². The zero-order valence-electron chi connectivity index (χ0n) is 10.1. The van der Waals surface area contributed by atoms with Gasteiger partial charge in [-0.05, 0) is 30.2 Å². The van der Waals surface area contributed by atoms with Crippen LogP contribution in [0, 0.1) is 6.92 Å². The fourth-order valence-corrected chi connectivity index (χ4v) is 1.65. The third-order valence-electron chi connectivity index (χ3n) is 2.66. The summed E-state index contributed by atoms with van der Waals surface area (Å²) in [6, 6.07) is 10.8. The molecule has 4 nitrogen and oxygen atoms in total. The van der Waals surface area contributed by atoms with Crippen molar-refractivity contribution in [2.45, 2.75) is 13.3 Å². The molecule has 1 amide bonds. The molecule has 0 aliphatic heterocycles. The highest BCUT2D eigenvalue weighted by Gasteiger charge is 2.08. The second-order valence-corrected chi connectivity index (χ2v) is 4.02. The summed E-state index contributed by atoms with van der Waals surface area (Å²) in [5.74, 6) is -0.0370. The summed E-state index contributed by atoms with van der Waals surface area (Å²) in [7, 11) is 0. The Labute approximate surface area is 105 Å². The zero-order valence-corrected chi connectivity index (χ0v) is 10.1. The summed E-state index contributed by atoms with van der Waals surface area (Å²) >= 11 is 0. The molecule has 0 aliphatic carbocycles. The van der Waals surface area contributed by atoms with Crippen LogP contribution in [0.1, 0.15) is 11.1 Å². The van der Waals surface area contributed by atoms with Gasteiger partial charge in [0.1, 0.15) is 0 Å². The number of nitrogens with one attached hydrogen (secondary N) is 1. The second-order valence-electron chi connectivity index (χ2n) is 4.02. The Morgan fingerprint density at radius 1 is 1.28 bits per heavy atom. The van der Waals surface area contributed by atoms with Crippen LogP contribution in [-0.4, -0.2) is 16.0 Å². The summed E-state index contributed by atoms with van der Waals surface area (Å²) in [4.78, 5) is 15.7. The van der Waals surface area contributed by atoms with Gasteiger partial charge in [0.05, 0.1) is 6.42 Å². The second kappa shape index (κ2) is 5.31. The van der Waals surface area contributed by atoms with Crippen LogP contribution >= 0.6 is 0 Å². The number of carbonyl (C=O) groups is 1. The van der Waals surface area contributed by atoms with E-state index in [-0.39, 0.29) is 23.9 Å². The van der Waals surface area contributed by atoms with E-state index in [1.54, 1.807) is 6.07 Å². The molecule has 0 atom stereocenters. The minimum atomic E-state index is -0.196. The monoisotopic (exact) mass is 242 g/mol. The van der Waals surface area contributed by atoms with E-state index in [9.17, 15) is 9.90 Å². The van der Waals surface area contributed by atoms with Crippen LogP contribution in [0.5, 0.6) is 5.75 Å². The normalized spacial score (nSPS) is 10.1. The molecular weight excluding hydrogens is 228 g/mol. The predicted octanol–water partition coefficient (Wildman–Crippen LogP) is 2.28. The zero-order chi connectivity index (χ0) is 13.0. The van der Waals surface area contributed by atoms with Gasteiger partial charge < -0.3 is 10.4 Å². The summed E-state index contributed by atoms with van der Waals surface area (Å²) < 4.78 is 0. The first-order valence-electron chi connectivity index (χ1n) is 5.65. The molecule has 92 valence electrons. The molecule has 0 unspecified atom stereocenters. The van der Waals surface area contributed by atoms with E-state index in [0.29, 0.717) is 0 Å². The lowest BCUT2D eigenvalue weighted by atomic mass is 10.1. The molecule has 0 saturated carbocycles. The van der Waals surface area contributed by atoms with Gasteiger partial charge >= 0.3 is 0 Å². The summed E-state index contributed by atoms with van der Waals surface area (Å²) in [5.41, 5.74) is 2.03. The van der Waals surface area contributed by atoms with Crippen LogP contribution in [-0.2, 0) is 11.2 Å². The third kappa shape index (κ3) is 2.85. The Hall–Kier alpha value is -2.36. The number of aryl methyl sites for hydroxylation is 1. The molecule has 1 aromatic carbocycles. The van der Waals surface area contributed by atoms with Crippen LogP contribution in [0.2, 0.25) is 0 Å². The van der Waals surface area contributed by atoms with Crippen molar-refractivity contribution < 1.29 is 9.90 Å². The van der Waals surface area contributed by atoms with Gasteiger partial charge in [0.15, 0.2) is 11.6 Å². The van der Waals surface area contributed by atoms with Gasteiger partial charge in [-0.15, -0.1) is 0 Å². The maximum atomic E-state index is 11.8. The minimum absolute atomic E-state index is 0.0318. The summed E-state index contributed by atoms with van der Waals surface area (Å²) in [6.45, 7) is 1.96. The lowest BCUT2D eigenvalue weighted by Gasteiger charge is -2.07. The fraction of sp³-hybridized carbons (Fsp3) is 0.143. The number of hydrogen-bond acceptors (Lipinski definition) is 3. The molecule has 0 aliphatic rings. The molecule has 4 heteroatoms. The van der Waals surface area contributed by atoms with Crippen LogP contribution in [0.25, 0.3) is 0 Å². The topological polar surface area (TPSA) is 62.2 Å². The molecule has 1 aromatic heterocycles. The Morgan fingerprint density at radius 2 is 2.06 bits per heavy atom. The van der Waals surface area contributed by atoms with Crippen LogP contribution in [0.4, 0.5) is 5.82 Å². The van der Waals surface area contributed by atoms with E-state index in [1.165, 1.54) is 12.3 Å². The molecule has 0 radical (unpaired) electrons. The molecule has 2 aromatic rings. The number of hydrogen-bond donors (Lipinski definition) is 2. The van der Waals surface area contributed by atoms with E-state index < -0.39 is 0 Å². The molecule has 2 N–H and O–H groups in total. The number of aromatic nitrogens is 1. The van der Waals surface area contributed by atoms with Gasteiger partial charge in [0.25, 0.3) is 0 Å². The third-order valence-corrected chi connectivity index (χ3v) is 2.66. The van der Waals surface area contributed by atoms with Gasteiger partial charge in [-0.1, -0.05) is 24.3 Å². The van der Waals surface area contributed by atoms with Gasteiger partial charge in [0, 0.05) is 6.20 Å². The maximum Gasteiger partial charge on any atom is 0.230 e. The van der Waals surface area contributed by atoms with Crippen molar-refractivity contribution in [1.29, 1.82) is 0 Å². The van der Waals surface area contributed by atoms with Crippen molar-refractivity contribution in [2.24, 2.45) is 0 Å². The lowest BCUT2D eigenvalue weighted by molar-refractivity contribution is -0.115. The molecule has 0 bridgehead atoms. The maximum absolute atomic E-state index is 11.8. The number of rotatable bonds is 3. The Morgan fingerprint density at radius 3 is 2.78 bits per heavy atom. The molecule has 0 spiro atoms. The van der Waals surface area contributed by atoms with E-state index in [2.05, 4.69) is 10.3 Å². The SMILES string of the molecule is Cc1ccccc1CC(=O)Nc1ncccc1O. The highest BCUT2D eigenvalue weighted by atomic mass is 16.3. The first-order valence-corrected chi connectivity index (χ1v) is 5.65. The standard InChI is InChI=1S/C14H14N2O2/c1-10-5-2-3-6-11(10)9-13(18)16-14-12(17)7-4-8-15-14/h2-8,17H,9H2,1H3,(H,15,16,18). The van der Waals surface area contributed by atoms with Gasteiger partial charge in [0.2, 0.25) is 5.91 Å². The van der Waals surface area contributed by atoms with Crippen LogP contribution in [0.3, 0.4) is 0 Å². The van der Waals surface area contributed by atoms with E-state index >= 15 is 0 Å². The van der Waals surface area contributed by atoms with Crippen molar-refractivity contribution in [3.05, 3.63) is 53.7 Å². The number of carbonyl (C=O) groups excluding carboxylic acids is 1. The van der Waals surface area contributed by atoms with Crippen molar-refractivity contribution >= 4 is 11.7 Å². The predicted molar refractivity (Wildman–Crippen MR) is 69.4 cm³/mol. The summed E-state index contributed by atoms with van der Waals surface area (Å²) in [5, 5.41) is 12.1. The molecule has 2 rings (SSSR count). The summed E-state index contributed by atoms with van der Waals surface area (Å²) in [6.07, 6.45) is 1.78.